The summed E-state index contributed by atoms with van der Waals surface area (Å²) in [5.41, 5.74) is -0.0618. The van der Waals surface area contributed by atoms with Gasteiger partial charge in [-0.05, 0) is 37.1 Å². The second-order valence-electron chi connectivity index (χ2n) is 6.18. The molecule has 0 bridgehead atoms. The van der Waals surface area contributed by atoms with Crippen molar-refractivity contribution in [3.63, 3.8) is 0 Å². The highest BCUT2D eigenvalue weighted by Crippen LogP contribution is 2.43. The molecule has 0 saturated heterocycles. The molecule has 0 aliphatic heterocycles. The molecular weight excluding hydrogens is 226 g/mol. The van der Waals surface area contributed by atoms with Crippen LogP contribution in [0.15, 0.2) is 0 Å². The molecule has 1 saturated carbocycles. The van der Waals surface area contributed by atoms with Crippen LogP contribution in [0.5, 0.6) is 0 Å². The maximum Gasteiger partial charge on any atom is 0.307 e. The van der Waals surface area contributed by atoms with Gasteiger partial charge in [0.15, 0.2) is 0 Å². The second kappa shape index (κ2) is 6.55. The van der Waals surface area contributed by atoms with Gasteiger partial charge in [-0.3, -0.25) is 4.79 Å². The van der Waals surface area contributed by atoms with E-state index in [1.54, 1.807) is 0 Å². The van der Waals surface area contributed by atoms with Crippen molar-refractivity contribution in [1.82, 2.24) is 5.32 Å². The first kappa shape index (κ1) is 15.5. The summed E-state index contributed by atoms with van der Waals surface area (Å²) in [7, 11) is 1.48. The summed E-state index contributed by atoms with van der Waals surface area (Å²) in [5.74, 6) is 1.76. The Labute approximate surface area is 112 Å². The fraction of sp³-hybridized carbons (Fsp3) is 0.933. The third-order valence-electron chi connectivity index (χ3n) is 4.41. The third-order valence-corrected chi connectivity index (χ3v) is 4.41. The van der Waals surface area contributed by atoms with E-state index in [1.807, 2.05) is 0 Å². The van der Waals surface area contributed by atoms with Crippen molar-refractivity contribution in [1.29, 1.82) is 0 Å². The van der Waals surface area contributed by atoms with Gasteiger partial charge in [0.05, 0.1) is 13.5 Å². The zero-order valence-electron chi connectivity index (χ0n) is 12.6. The minimum atomic E-state index is -0.0873. The molecule has 3 atom stereocenters. The van der Waals surface area contributed by atoms with Crippen LogP contribution in [0.1, 0.15) is 53.4 Å². The average molecular weight is 255 g/mol. The number of carbonyl (C=O) groups excluding carboxylic acids is 1. The number of esters is 1. The van der Waals surface area contributed by atoms with Crippen LogP contribution in [0.3, 0.4) is 0 Å². The molecule has 0 spiro atoms. The predicted molar refractivity (Wildman–Crippen MR) is 74.4 cm³/mol. The molecule has 0 amide bonds. The Bertz CT molecular complexity index is 278. The van der Waals surface area contributed by atoms with E-state index < -0.39 is 0 Å². The van der Waals surface area contributed by atoms with E-state index in [0.717, 1.165) is 13.0 Å². The first-order chi connectivity index (χ1) is 8.45. The average Bonchev–Trinajstić information content (AvgIpc) is 2.28. The minimum Gasteiger partial charge on any atom is -0.469 e. The maximum atomic E-state index is 11.8. The molecule has 106 valence electrons. The molecule has 0 aromatic rings. The summed E-state index contributed by atoms with van der Waals surface area (Å²) in [5, 5.41) is 3.62. The van der Waals surface area contributed by atoms with Crippen LogP contribution in [0.25, 0.3) is 0 Å². The Morgan fingerprint density at radius 3 is 2.61 bits per heavy atom. The van der Waals surface area contributed by atoms with Crippen molar-refractivity contribution in [2.24, 2.45) is 17.8 Å². The van der Waals surface area contributed by atoms with E-state index in [2.05, 4.69) is 33.0 Å². The largest absolute Gasteiger partial charge is 0.469 e. The predicted octanol–water partition coefficient (Wildman–Crippen LogP) is 2.99. The molecule has 1 fully saturated rings. The van der Waals surface area contributed by atoms with Gasteiger partial charge in [-0.25, -0.2) is 0 Å². The van der Waals surface area contributed by atoms with Gasteiger partial charge in [0.2, 0.25) is 0 Å². The summed E-state index contributed by atoms with van der Waals surface area (Å²) in [4.78, 5) is 11.8. The molecule has 3 heteroatoms. The first-order valence-corrected chi connectivity index (χ1v) is 7.27. The van der Waals surface area contributed by atoms with Crippen molar-refractivity contribution in [3.05, 3.63) is 0 Å². The van der Waals surface area contributed by atoms with Gasteiger partial charge in [-0.15, -0.1) is 0 Å². The van der Waals surface area contributed by atoms with Gasteiger partial charge in [-0.1, -0.05) is 34.1 Å². The van der Waals surface area contributed by atoms with E-state index in [-0.39, 0.29) is 11.5 Å². The zero-order chi connectivity index (χ0) is 13.8. The summed E-state index contributed by atoms with van der Waals surface area (Å²) in [6.07, 6.45) is 4.07. The highest BCUT2D eigenvalue weighted by atomic mass is 16.5. The van der Waals surface area contributed by atoms with Crippen LogP contribution < -0.4 is 5.32 Å². The molecule has 0 heterocycles. The molecule has 1 N–H and O–H groups in total. The SMILES string of the molecule is CCNC1(CC(=O)OC)CC(C)CCC1C(C)C. The number of rotatable bonds is 5. The van der Waals surface area contributed by atoms with Crippen molar-refractivity contribution in [2.75, 3.05) is 13.7 Å². The Kier molecular flexibility index (Phi) is 5.64. The fourth-order valence-corrected chi connectivity index (χ4v) is 3.74. The van der Waals surface area contributed by atoms with Gasteiger partial charge in [0.1, 0.15) is 0 Å². The van der Waals surface area contributed by atoms with E-state index >= 15 is 0 Å². The molecule has 3 nitrogen and oxygen atoms in total. The lowest BCUT2D eigenvalue weighted by Crippen LogP contribution is -2.57. The lowest BCUT2D eigenvalue weighted by atomic mass is 9.63. The molecule has 0 aromatic heterocycles. The Morgan fingerprint density at radius 2 is 2.11 bits per heavy atom. The van der Waals surface area contributed by atoms with Crippen molar-refractivity contribution in [2.45, 2.75) is 58.9 Å². The van der Waals surface area contributed by atoms with Crippen LogP contribution in [0, 0.1) is 17.8 Å². The molecular formula is C15H29NO2. The monoisotopic (exact) mass is 255 g/mol. The number of carbonyl (C=O) groups is 1. The molecule has 3 unspecified atom stereocenters. The van der Waals surface area contributed by atoms with Crippen molar-refractivity contribution < 1.29 is 9.53 Å². The second-order valence-corrected chi connectivity index (χ2v) is 6.18. The van der Waals surface area contributed by atoms with Gasteiger partial charge in [0, 0.05) is 5.54 Å². The number of nitrogens with one attached hydrogen (secondary N) is 1. The Morgan fingerprint density at radius 1 is 1.44 bits per heavy atom. The highest BCUT2D eigenvalue weighted by Gasteiger charge is 2.45. The number of hydrogen-bond donors (Lipinski definition) is 1. The number of methoxy groups -OCH3 is 1. The smallest absolute Gasteiger partial charge is 0.307 e. The minimum absolute atomic E-state index is 0.0618. The number of ether oxygens (including phenoxy) is 1. The van der Waals surface area contributed by atoms with Crippen LogP contribution in [-0.2, 0) is 9.53 Å². The summed E-state index contributed by atoms with van der Waals surface area (Å²) in [6, 6.07) is 0. The topological polar surface area (TPSA) is 38.3 Å². The fourth-order valence-electron chi connectivity index (χ4n) is 3.74. The summed E-state index contributed by atoms with van der Waals surface area (Å²) in [6.45, 7) is 9.86. The van der Waals surface area contributed by atoms with Crippen LogP contribution >= 0.6 is 0 Å². The molecule has 18 heavy (non-hydrogen) atoms. The molecule has 1 aliphatic rings. The third kappa shape index (κ3) is 3.47. The highest BCUT2D eigenvalue weighted by molar-refractivity contribution is 5.70. The molecule has 0 aromatic carbocycles. The molecule has 1 aliphatic carbocycles. The first-order valence-electron chi connectivity index (χ1n) is 7.27. The summed E-state index contributed by atoms with van der Waals surface area (Å²) >= 11 is 0. The van der Waals surface area contributed by atoms with E-state index in [0.29, 0.717) is 24.2 Å². The lowest BCUT2D eigenvalue weighted by Gasteiger charge is -2.48. The quantitative estimate of drug-likeness (QED) is 0.768. The normalized spacial score (nSPS) is 32.6. The zero-order valence-corrected chi connectivity index (χ0v) is 12.6. The van der Waals surface area contributed by atoms with Crippen LogP contribution in [0.4, 0.5) is 0 Å². The van der Waals surface area contributed by atoms with Gasteiger partial charge in [0.25, 0.3) is 0 Å². The standard InChI is InChI=1S/C15H29NO2/c1-6-16-15(10-14(17)18-5)9-12(4)7-8-13(15)11(2)3/h11-13,16H,6-10H2,1-5H3. The van der Waals surface area contributed by atoms with E-state index in [9.17, 15) is 4.79 Å². The van der Waals surface area contributed by atoms with Gasteiger partial charge in [-0.2, -0.15) is 0 Å². The van der Waals surface area contributed by atoms with Crippen molar-refractivity contribution in [3.8, 4) is 0 Å². The lowest BCUT2D eigenvalue weighted by molar-refractivity contribution is -0.144. The molecule has 1 rings (SSSR count). The van der Waals surface area contributed by atoms with Gasteiger partial charge >= 0.3 is 5.97 Å². The summed E-state index contributed by atoms with van der Waals surface area (Å²) < 4.78 is 4.91. The molecule has 0 radical (unpaired) electrons. The Hall–Kier alpha value is -0.570. The number of hydrogen-bond acceptors (Lipinski definition) is 3. The van der Waals surface area contributed by atoms with E-state index in [1.165, 1.54) is 20.0 Å². The van der Waals surface area contributed by atoms with E-state index in [4.69, 9.17) is 4.74 Å². The Balaban J connectivity index is 2.95. The van der Waals surface area contributed by atoms with Crippen molar-refractivity contribution >= 4 is 5.97 Å². The van der Waals surface area contributed by atoms with Crippen LogP contribution in [-0.4, -0.2) is 25.2 Å². The maximum absolute atomic E-state index is 11.8. The van der Waals surface area contributed by atoms with Gasteiger partial charge < -0.3 is 10.1 Å². The van der Waals surface area contributed by atoms with Crippen LogP contribution in [0.2, 0.25) is 0 Å².